The maximum Gasteiger partial charge on any atom is 0.264 e. The molecule has 50 heavy (non-hydrogen) atoms. The lowest BCUT2D eigenvalue weighted by molar-refractivity contribution is -0.119. The molecule has 0 bridgehead atoms. The number of fused-ring (bicyclic) bond motifs is 2. The zero-order valence-corrected chi connectivity index (χ0v) is 29.9. The van der Waals surface area contributed by atoms with Gasteiger partial charge in [0.1, 0.15) is 0 Å². The molecule has 6 aromatic rings. The largest absolute Gasteiger partial charge is 0.338 e. The summed E-state index contributed by atoms with van der Waals surface area (Å²) in [5.41, 5.74) is 4.28. The van der Waals surface area contributed by atoms with E-state index in [9.17, 15) is 18.0 Å². The lowest BCUT2D eigenvalue weighted by Crippen LogP contribution is -2.31. The Morgan fingerprint density at radius 1 is 0.860 bits per heavy atom. The summed E-state index contributed by atoms with van der Waals surface area (Å²) in [4.78, 5) is 27.1. The highest BCUT2D eigenvalue weighted by Gasteiger charge is 2.24. The maximum atomic E-state index is 13.0. The number of carbonyl (C=O) groups excluding carboxylic acids is 2. The normalized spacial score (nSPS) is 13.6. The van der Waals surface area contributed by atoms with Crippen LogP contribution in [0.2, 0.25) is 5.02 Å². The molecule has 0 radical (unpaired) electrons. The van der Waals surface area contributed by atoms with E-state index >= 15 is 0 Å². The van der Waals surface area contributed by atoms with E-state index in [1.165, 1.54) is 16.8 Å². The van der Waals surface area contributed by atoms with Crippen molar-refractivity contribution in [3.05, 3.63) is 137 Å². The molecule has 1 aromatic heterocycles. The number of nitrogens with zero attached hydrogens (tertiary/aromatic N) is 1. The minimum atomic E-state index is -4.03. The Kier molecular flexibility index (Phi) is 9.73. The summed E-state index contributed by atoms with van der Waals surface area (Å²) in [6, 6.07) is 34.0. The molecule has 1 aliphatic carbocycles. The van der Waals surface area contributed by atoms with Crippen LogP contribution in [0.1, 0.15) is 52.9 Å². The van der Waals surface area contributed by atoms with Crippen LogP contribution in [0.3, 0.4) is 0 Å². The number of aryl methyl sites for hydroxylation is 1. The van der Waals surface area contributed by atoms with Crippen molar-refractivity contribution in [1.29, 1.82) is 0 Å². The van der Waals surface area contributed by atoms with Gasteiger partial charge in [-0.2, -0.15) is 0 Å². The van der Waals surface area contributed by atoms with Crippen LogP contribution in [-0.4, -0.2) is 24.8 Å². The Hall–Kier alpha value is -4.57. The maximum absolute atomic E-state index is 13.0. The van der Waals surface area contributed by atoms with Crippen LogP contribution in [0.15, 0.2) is 119 Å². The third-order valence-electron chi connectivity index (χ3n) is 9.36. The molecule has 0 atom stereocenters. The topological polar surface area (TPSA) is 97.3 Å². The molecule has 0 aliphatic heterocycles. The van der Waals surface area contributed by atoms with Crippen molar-refractivity contribution in [2.24, 2.45) is 5.92 Å². The number of aromatic nitrogens is 1. The molecule has 2 amide bonds. The Labute approximate surface area is 301 Å². The van der Waals surface area contributed by atoms with Crippen LogP contribution in [0.4, 0.5) is 5.69 Å². The summed E-state index contributed by atoms with van der Waals surface area (Å²) in [6.45, 7) is 2.15. The number of halogens is 1. The number of rotatable bonds is 10. The average molecular weight is 722 g/mol. The fourth-order valence-corrected chi connectivity index (χ4v) is 9.24. The lowest BCUT2D eigenvalue weighted by atomic mass is 10.1. The van der Waals surface area contributed by atoms with Gasteiger partial charge in [-0.25, -0.2) is 13.1 Å². The number of nitrogens with one attached hydrogen (secondary N) is 2. The van der Waals surface area contributed by atoms with Crippen LogP contribution < -0.4 is 10.0 Å². The van der Waals surface area contributed by atoms with Gasteiger partial charge in [0.25, 0.3) is 15.9 Å². The first-order valence-corrected chi connectivity index (χ1v) is 19.5. The first kappa shape index (κ1) is 33.9. The third-order valence-corrected chi connectivity index (χ3v) is 12.3. The Bertz CT molecular complexity index is 2350. The van der Waals surface area contributed by atoms with Crippen LogP contribution in [0.5, 0.6) is 0 Å². The highest BCUT2D eigenvalue weighted by Crippen LogP contribution is 2.38. The van der Waals surface area contributed by atoms with Gasteiger partial charge in [0, 0.05) is 45.4 Å². The van der Waals surface area contributed by atoms with Crippen LogP contribution in [0, 0.1) is 12.8 Å². The van der Waals surface area contributed by atoms with Gasteiger partial charge in [-0.05, 0) is 90.2 Å². The third kappa shape index (κ3) is 7.17. The Morgan fingerprint density at radius 3 is 2.34 bits per heavy atom. The average Bonchev–Trinajstić information content (AvgIpc) is 3.75. The van der Waals surface area contributed by atoms with E-state index in [2.05, 4.69) is 44.9 Å². The smallest absolute Gasteiger partial charge is 0.264 e. The number of anilines is 1. The predicted octanol–water partition coefficient (Wildman–Crippen LogP) is 9.34. The van der Waals surface area contributed by atoms with E-state index in [1.54, 1.807) is 49.0 Å². The van der Waals surface area contributed by atoms with Gasteiger partial charge in [-0.1, -0.05) is 85.1 Å². The van der Waals surface area contributed by atoms with Crippen molar-refractivity contribution in [3.63, 3.8) is 0 Å². The fourth-order valence-electron chi connectivity index (χ4n) is 6.65. The molecule has 7 rings (SSSR count). The number of benzene rings is 5. The van der Waals surface area contributed by atoms with E-state index < -0.39 is 15.9 Å². The molecule has 10 heteroatoms. The standard InChI is InChI=1S/C40H36ClN3O4S2/c1-26-8-2-7-13-37(26)50(47,48)43-40(46)30-16-14-27(15-17-30)24-44-35-21-19-32(42-39(45)29-10-4-5-11-29)23-34(35)38(41)36(44)25-49-33-20-18-28-9-3-6-12-31(28)22-33/h2-3,6-9,12-23,29H,4-5,10-11,24-25H2,1H3,(H,42,45)(H,43,46). The van der Waals surface area contributed by atoms with E-state index in [0.29, 0.717) is 22.9 Å². The molecular formula is C40H36ClN3O4S2. The number of hydrogen-bond acceptors (Lipinski definition) is 5. The van der Waals surface area contributed by atoms with E-state index in [1.807, 2.05) is 42.5 Å². The molecule has 0 unspecified atom stereocenters. The summed E-state index contributed by atoms with van der Waals surface area (Å²) in [5.74, 6) is 0.00824. The van der Waals surface area contributed by atoms with E-state index in [0.717, 1.165) is 58.4 Å². The Morgan fingerprint density at radius 2 is 1.58 bits per heavy atom. The zero-order chi connectivity index (χ0) is 34.8. The summed E-state index contributed by atoms with van der Waals surface area (Å²) in [5, 5.41) is 6.94. The van der Waals surface area contributed by atoms with Crippen molar-refractivity contribution >= 4 is 72.6 Å². The van der Waals surface area contributed by atoms with Gasteiger partial charge >= 0.3 is 0 Å². The number of thioether (sulfide) groups is 1. The molecule has 5 aromatic carbocycles. The summed E-state index contributed by atoms with van der Waals surface area (Å²) >= 11 is 8.86. The second-order valence-electron chi connectivity index (χ2n) is 12.7. The molecule has 1 saturated carbocycles. The van der Waals surface area contributed by atoms with Gasteiger partial charge in [0.15, 0.2) is 0 Å². The Balaban J connectivity index is 1.16. The summed E-state index contributed by atoms with van der Waals surface area (Å²) in [7, 11) is -4.03. The summed E-state index contributed by atoms with van der Waals surface area (Å²) < 4.78 is 30.2. The predicted molar refractivity (Wildman–Crippen MR) is 202 cm³/mol. The van der Waals surface area contributed by atoms with Gasteiger partial charge in [-0.15, -0.1) is 11.8 Å². The number of amides is 2. The lowest BCUT2D eigenvalue weighted by Gasteiger charge is -2.13. The number of sulfonamides is 1. The molecule has 7 nitrogen and oxygen atoms in total. The quantitative estimate of drug-likeness (QED) is 0.138. The molecule has 0 saturated heterocycles. The molecule has 1 heterocycles. The first-order valence-electron chi connectivity index (χ1n) is 16.6. The van der Waals surface area contributed by atoms with Crippen molar-refractivity contribution in [1.82, 2.24) is 9.29 Å². The zero-order valence-electron chi connectivity index (χ0n) is 27.5. The number of hydrogen-bond donors (Lipinski definition) is 2. The highest BCUT2D eigenvalue weighted by molar-refractivity contribution is 7.98. The van der Waals surface area contributed by atoms with Crippen molar-refractivity contribution in [3.8, 4) is 0 Å². The van der Waals surface area contributed by atoms with Gasteiger partial charge in [-0.3, -0.25) is 9.59 Å². The monoisotopic (exact) mass is 721 g/mol. The van der Waals surface area contributed by atoms with Crippen molar-refractivity contribution in [2.75, 3.05) is 5.32 Å². The first-order chi connectivity index (χ1) is 24.2. The highest BCUT2D eigenvalue weighted by atomic mass is 35.5. The molecule has 1 fully saturated rings. The second kappa shape index (κ2) is 14.3. The van der Waals surface area contributed by atoms with Crippen LogP contribution in [0.25, 0.3) is 21.7 Å². The molecule has 1 aliphatic rings. The molecule has 0 spiro atoms. The van der Waals surface area contributed by atoms with E-state index in [4.69, 9.17) is 11.6 Å². The molecule has 254 valence electrons. The van der Waals surface area contributed by atoms with Crippen molar-refractivity contribution in [2.45, 2.75) is 54.7 Å². The molecule has 2 N–H and O–H groups in total. The van der Waals surface area contributed by atoms with Gasteiger partial charge in [0.05, 0.1) is 15.4 Å². The minimum absolute atomic E-state index is 0.0484. The molecular weight excluding hydrogens is 686 g/mol. The fraction of sp³-hybridized carbons (Fsp3) is 0.200. The van der Waals surface area contributed by atoms with Gasteiger partial charge in [0.2, 0.25) is 5.91 Å². The van der Waals surface area contributed by atoms with Crippen LogP contribution >= 0.6 is 23.4 Å². The van der Waals surface area contributed by atoms with Gasteiger partial charge < -0.3 is 9.88 Å². The second-order valence-corrected chi connectivity index (χ2v) is 15.8. The minimum Gasteiger partial charge on any atom is -0.338 e. The van der Waals surface area contributed by atoms with Crippen LogP contribution in [-0.2, 0) is 27.1 Å². The van der Waals surface area contributed by atoms with E-state index in [-0.39, 0.29) is 22.3 Å². The SMILES string of the molecule is Cc1ccccc1S(=O)(=O)NC(=O)c1ccc(Cn2c(CSc3ccc4ccccc4c3)c(Cl)c3cc(NC(=O)C4CCCC4)ccc32)cc1. The van der Waals surface area contributed by atoms with Crippen molar-refractivity contribution < 1.29 is 18.0 Å². The summed E-state index contributed by atoms with van der Waals surface area (Å²) in [6.07, 6.45) is 4.01. The number of carbonyl (C=O) groups is 2.